The molecule has 1 aliphatic heterocycles. The Hall–Kier alpha value is -2.34. The molecule has 0 aliphatic carbocycles. The number of carbonyl (C=O) groups excluding carboxylic acids is 1. The van der Waals surface area contributed by atoms with E-state index < -0.39 is 10.0 Å². The lowest BCUT2D eigenvalue weighted by atomic mass is 10.0. The number of anilines is 1. The number of hydrogen-bond acceptors (Lipinski definition) is 3. The van der Waals surface area contributed by atoms with Gasteiger partial charge in [0.25, 0.3) is 5.91 Å². The first-order valence-electron chi connectivity index (χ1n) is 8.67. The van der Waals surface area contributed by atoms with Gasteiger partial charge in [-0.2, -0.15) is 0 Å². The number of amides is 1. The zero-order valence-electron chi connectivity index (χ0n) is 15.5. The number of aryl methyl sites for hydroxylation is 1. The van der Waals surface area contributed by atoms with Gasteiger partial charge in [-0.1, -0.05) is 24.3 Å². The molecule has 3 rings (SSSR count). The van der Waals surface area contributed by atoms with E-state index in [1.165, 1.54) is 10.6 Å². The van der Waals surface area contributed by atoms with E-state index in [9.17, 15) is 13.2 Å². The lowest BCUT2D eigenvalue weighted by Gasteiger charge is -2.22. The number of carbonyl (C=O) groups is 1. The molecule has 1 heterocycles. The van der Waals surface area contributed by atoms with Crippen molar-refractivity contribution in [1.82, 2.24) is 5.32 Å². The molecule has 0 aromatic heterocycles. The second-order valence-corrected chi connectivity index (χ2v) is 8.87. The van der Waals surface area contributed by atoms with Gasteiger partial charge in [-0.05, 0) is 62.1 Å². The summed E-state index contributed by atoms with van der Waals surface area (Å²) in [4.78, 5) is 12.7. The average molecular weight is 372 g/mol. The van der Waals surface area contributed by atoms with Gasteiger partial charge in [-0.3, -0.25) is 9.10 Å². The SMILES string of the molecule is Cc1ccccc1[C@@H](C)NC(=O)c1ccc2c(c1)C[C@@H](C)N2S(C)(=O)=O. The number of sulfonamides is 1. The van der Waals surface area contributed by atoms with Crippen molar-refractivity contribution >= 4 is 21.6 Å². The van der Waals surface area contributed by atoms with E-state index in [2.05, 4.69) is 5.32 Å². The summed E-state index contributed by atoms with van der Waals surface area (Å²) in [5, 5.41) is 3.03. The summed E-state index contributed by atoms with van der Waals surface area (Å²) in [5.74, 6) is -0.158. The van der Waals surface area contributed by atoms with Gasteiger partial charge in [0.2, 0.25) is 10.0 Å². The first kappa shape index (κ1) is 18.5. The highest BCUT2D eigenvalue weighted by atomic mass is 32.2. The standard InChI is InChI=1S/C20H24N2O3S/c1-13-7-5-6-8-18(13)15(3)21-20(23)16-9-10-19-17(12-16)11-14(2)22(19)26(4,24)25/h5-10,12,14-15H,11H2,1-4H3,(H,21,23)/t14-,15-/m1/s1. The molecule has 0 fully saturated rings. The van der Waals surface area contributed by atoms with Gasteiger partial charge in [-0.25, -0.2) is 8.42 Å². The largest absolute Gasteiger partial charge is 0.346 e. The normalized spacial score (nSPS) is 17.7. The van der Waals surface area contributed by atoms with Crippen molar-refractivity contribution in [2.45, 2.75) is 39.3 Å². The Morgan fingerprint density at radius 1 is 1.23 bits per heavy atom. The Balaban J connectivity index is 1.82. The molecular formula is C20H24N2O3S. The van der Waals surface area contributed by atoms with Crippen molar-refractivity contribution in [2.24, 2.45) is 0 Å². The molecular weight excluding hydrogens is 348 g/mol. The summed E-state index contributed by atoms with van der Waals surface area (Å²) < 4.78 is 25.4. The molecule has 26 heavy (non-hydrogen) atoms. The van der Waals surface area contributed by atoms with E-state index in [0.29, 0.717) is 17.7 Å². The fourth-order valence-electron chi connectivity index (χ4n) is 3.68. The lowest BCUT2D eigenvalue weighted by molar-refractivity contribution is 0.0939. The molecule has 1 aliphatic rings. The van der Waals surface area contributed by atoms with Crippen LogP contribution in [0.4, 0.5) is 5.69 Å². The lowest BCUT2D eigenvalue weighted by Crippen LogP contribution is -2.34. The van der Waals surface area contributed by atoms with E-state index >= 15 is 0 Å². The van der Waals surface area contributed by atoms with Crippen molar-refractivity contribution < 1.29 is 13.2 Å². The van der Waals surface area contributed by atoms with Crippen LogP contribution >= 0.6 is 0 Å². The molecule has 0 radical (unpaired) electrons. The Bertz CT molecular complexity index is 953. The molecule has 5 nitrogen and oxygen atoms in total. The van der Waals surface area contributed by atoms with Crippen LogP contribution in [0.2, 0.25) is 0 Å². The average Bonchev–Trinajstić information content (AvgIpc) is 2.89. The zero-order chi connectivity index (χ0) is 19.1. The molecule has 2 atom stereocenters. The monoisotopic (exact) mass is 372 g/mol. The van der Waals surface area contributed by atoms with Gasteiger partial charge in [0.05, 0.1) is 18.0 Å². The fourth-order valence-corrected chi connectivity index (χ4v) is 4.94. The van der Waals surface area contributed by atoms with Gasteiger partial charge in [0.1, 0.15) is 0 Å². The summed E-state index contributed by atoms with van der Waals surface area (Å²) in [6, 6.07) is 12.9. The number of fused-ring (bicyclic) bond motifs is 1. The highest BCUT2D eigenvalue weighted by Gasteiger charge is 2.32. The molecule has 1 amide bonds. The minimum absolute atomic E-state index is 0.108. The molecule has 0 unspecified atom stereocenters. The molecule has 0 bridgehead atoms. The van der Waals surface area contributed by atoms with Crippen LogP contribution in [-0.2, 0) is 16.4 Å². The summed E-state index contributed by atoms with van der Waals surface area (Å²) in [6.45, 7) is 5.86. The number of nitrogens with one attached hydrogen (secondary N) is 1. The third-order valence-electron chi connectivity index (χ3n) is 4.85. The highest BCUT2D eigenvalue weighted by Crippen LogP contribution is 2.34. The second-order valence-electron chi connectivity index (χ2n) is 7.01. The number of hydrogen-bond donors (Lipinski definition) is 1. The number of nitrogens with zero attached hydrogens (tertiary/aromatic N) is 1. The summed E-state index contributed by atoms with van der Waals surface area (Å²) >= 11 is 0. The van der Waals surface area contributed by atoms with Crippen molar-refractivity contribution in [2.75, 3.05) is 10.6 Å². The Morgan fingerprint density at radius 2 is 1.92 bits per heavy atom. The predicted octanol–water partition coefficient (Wildman–Crippen LogP) is 3.20. The Kier molecular flexibility index (Phi) is 4.80. The van der Waals surface area contributed by atoms with Crippen LogP contribution in [0.1, 0.15) is 46.9 Å². The van der Waals surface area contributed by atoms with Crippen molar-refractivity contribution in [1.29, 1.82) is 0 Å². The van der Waals surface area contributed by atoms with Gasteiger partial charge in [0, 0.05) is 11.6 Å². The third-order valence-corrected chi connectivity index (χ3v) is 6.13. The predicted molar refractivity (Wildman–Crippen MR) is 104 cm³/mol. The van der Waals surface area contributed by atoms with Crippen molar-refractivity contribution in [3.8, 4) is 0 Å². The first-order chi connectivity index (χ1) is 12.2. The molecule has 2 aromatic rings. The van der Waals surface area contributed by atoms with Gasteiger partial charge in [0.15, 0.2) is 0 Å². The van der Waals surface area contributed by atoms with Crippen LogP contribution in [-0.4, -0.2) is 26.6 Å². The van der Waals surface area contributed by atoms with Crippen molar-refractivity contribution in [3.63, 3.8) is 0 Å². The van der Waals surface area contributed by atoms with Crippen LogP contribution in [0.5, 0.6) is 0 Å². The van der Waals surface area contributed by atoms with Gasteiger partial charge >= 0.3 is 0 Å². The van der Waals surface area contributed by atoms with E-state index in [0.717, 1.165) is 16.7 Å². The van der Waals surface area contributed by atoms with Gasteiger partial charge < -0.3 is 5.32 Å². The quantitative estimate of drug-likeness (QED) is 0.896. The second kappa shape index (κ2) is 6.76. The van der Waals surface area contributed by atoms with Gasteiger partial charge in [-0.15, -0.1) is 0 Å². The third kappa shape index (κ3) is 3.46. The highest BCUT2D eigenvalue weighted by molar-refractivity contribution is 7.92. The first-order valence-corrected chi connectivity index (χ1v) is 10.5. The van der Waals surface area contributed by atoms with E-state index in [1.807, 2.05) is 45.0 Å². The topological polar surface area (TPSA) is 66.5 Å². The van der Waals surface area contributed by atoms with Crippen molar-refractivity contribution in [3.05, 3.63) is 64.7 Å². The number of benzene rings is 2. The zero-order valence-corrected chi connectivity index (χ0v) is 16.3. The van der Waals surface area contributed by atoms with Crippen LogP contribution < -0.4 is 9.62 Å². The summed E-state index contributed by atoms with van der Waals surface area (Å²) in [7, 11) is -3.33. The van der Waals surface area contributed by atoms with Crippen LogP contribution in [0.15, 0.2) is 42.5 Å². The summed E-state index contributed by atoms with van der Waals surface area (Å²) in [6.07, 6.45) is 1.82. The number of rotatable bonds is 4. The Morgan fingerprint density at radius 3 is 2.58 bits per heavy atom. The van der Waals surface area contributed by atoms with E-state index in [4.69, 9.17) is 0 Å². The molecule has 0 saturated heterocycles. The molecule has 1 N–H and O–H groups in total. The summed E-state index contributed by atoms with van der Waals surface area (Å²) in [5.41, 5.74) is 4.32. The fraction of sp³-hybridized carbons (Fsp3) is 0.350. The molecule has 2 aromatic carbocycles. The molecule has 138 valence electrons. The van der Waals surface area contributed by atoms with Crippen LogP contribution in [0.3, 0.4) is 0 Å². The maximum Gasteiger partial charge on any atom is 0.251 e. The molecule has 0 spiro atoms. The molecule has 6 heteroatoms. The minimum atomic E-state index is -3.33. The van der Waals surface area contributed by atoms with Crippen LogP contribution in [0.25, 0.3) is 0 Å². The molecule has 0 saturated carbocycles. The smallest absolute Gasteiger partial charge is 0.251 e. The minimum Gasteiger partial charge on any atom is -0.346 e. The maximum absolute atomic E-state index is 12.7. The maximum atomic E-state index is 12.7. The van der Waals surface area contributed by atoms with E-state index in [-0.39, 0.29) is 18.0 Å². The Labute approximate surface area is 155 Å². The van der Waals surface area contributed by atoms with Crippen LogP contribution in [0, 0.1) is 6.92 Å². The van der Waals surface area contributed by atoms with E-state index in [1.54, 1.807) is 18.2 Å².